The topological polar surface area (TPSA) is 102 Å². The maximum Gasteiger partial charge on any atom is 0.209 e. The number of rotatable bonds is 9. The van der Waals surface area contributed by atoms with Crippen LogP contribution in [0, 0.1) is 6.92 Å². The molecule has 0 bridgehead atoms. The Morgan fingerprint density at radius 1 is 0.941 bits per heavy atom. The van der Waals surface area contributed by atoms with Gasteiger partial charge in [-0.3, -0.25) is 0 Å². The standard InChI is InChI=1S/C24H26N4O4S2/c1-15-27-20-12-22(32-3)21(31-2)11-19(20)24(28-15)25-14-18-9-10-23(33-18)17-7-5-16(6-8-17)13-26-34(4,29)30/h5-12,26H,13-14H2,1-4H3,(H,25,27,28). The minimum Gasteiger partial charge on any atom is -0.493 e. The molecule has 8 nitrogen and oxygen atoms in total. The van der Waals surface area contributed by atoms with Crippen LogP contribution in [0.2, 0.25) is 0 Å². The number of nitrogens with one attached hydrogen (secondary N) is 2. The molecule has 0 aliphatic rings. The average Bonchev–Trinajstić information content (AvgIpc) is 3.29. The maximum atomic E-state index is 11.3. The number of nitrogens with zero attached hydrogens (tertiary/aromatic N) is 2. The molecule has 2 N–H and O–H groups in total. The predicted octanol–water partition coefficient (Wildman–Crippen LogP) is 4.35. The van der Waals surface area contributed by atoms with Crippen LogP contribution >= 0.6 is 11.3 Å². The van der Waals surface area contributed by atoms with Crippen molar-refractivity contribution >= 4 is 38.1 Å². The molecule has 2 aromatic heterocycles. The lowest BCUT2D eigenvalue weighted by atomic mass is 10.1. The minimum absolute atomic E-state index is 0.279. The maximum absolute atomic E-state index is 11.3. The van der Waals surface area contributed by atoms with E-state index in [0.29, 0.717) is 23.9 Å². The highest BCUT2D eigenvalue weighted by atomic mass is 32.2. The fraction of sp³-hybridized carbons (Fsp3) is 0.250. The van der Waals surface area contributed by atoms with Gasteiger partial charge in [0.15, 0.2) is 11.5 Å². The fourth-order valence-electron chi connectivity index (χ4n) is 3.51. The van der Waals surface area contributed by atoms with Crippen LogP contribution in [0.4, 0.5) is 5.82 Å². The quantitative estimate of drug-likeness (QED) is 0.354. The molecule has 0 radical (unpaired) electrons. The van der Waals surface area contributed by atoms with Gasteiger partial charge in [0.25, 0.3) is 0 Å². The second kappa shape index (κ2) is 9.96. The third kappa shape index (κ3) is 5.64. The Morgan fingerprint density at radius 2 is 1.65 bits per heavy atom. The molecule has 0 spiro atoms. The summed E-state index contributed by atoms with van der Waals surface area (Å²) in [6, 6.07) is 15.8. The van der Waals surface area contributed by atoms with Crippen molar-refractivity contribution in [3.63, 3.8) is 0 Å². The van der Waals surface area contributed by atoms with Crippen LogP contribution < -0.4 is 19.5 Å². The Kier molecular flexibility index (Phi) is 7.01. The third-order valence-electron chi connectivity index (χ3n) is 5.18. The van der Waals surface area contributed by atoms with Gasteiger partial charge < -0.3 is 14.8 Å². The highest BCUT2D eigenvalue weighted by Crippen LogP contribution is 2.34. The van der Waals surface area contributed by atoms with Gasteiger partial charge in [-0.15, -0.1) is 11.3 Å². The molecule has 0 saturated heterocycles. The van der Waals surface area contributed by atoms with Crippen LogP contribution in [0.25, 0.3) is 21.3 Å². The summed E-state index contributed by atoms with van der Waals surface area (Å²) in [7, 11) is -0.00440. The summed E-state index contributed by atoms with van der Waals surface area (Å²) < 4.78 is 35.9. The van der Waals surface area contributed by atoms with Crippen molar-refractivity contribution in [1.82, 2.24) is 14.7 Å². The number of benzene rings is 2. The van der Waals surface area contributed by atoms with Gasteiger partial charge in [-0.05, 0) is 36.2 Å². The Hall–Kier alpha value is -3.21. The highest BCUT2D eigenvalue weighted by molar-refractivity contribution is 7.88. The molecule has 0 atom stereocenters. The monoisotopic (exact) mass is 498 g/mol. The molecule has 0 amide bonds. The Bertz CT molecular complexity index is 1420. The molecule has 0 aliphatic carbocycles. The SMILES string of the molecule is COc1cc2nc(C)nc(NCc3ccc(-c4ccc(CNS(C)(=O)=O)cc4)s3)c2cc1OC. The van der Waals surface area contributed by atoms with E-state index in [0.717, 1.165) is 43.9 Å². The summed E-state index contributed by atoms with van der Waals surface area (Å²) in [6.45, 7) is 2.75. The number of hydrogen-bond donors (Lipinski definition) is 2. The van der Waals surface area contributed by atoms with Crippen LogP contribution in [0.15, 0.2) is 48.5 Å². The van der Waals surface area contributed by atoms with E-state index >= 15 is 0 Å². The summed E-state index contributed by atoms with van der Waals surface area (Å²) in [6.07, 6.45) is 1.15. The van der Waals surface area contributed by atoms with E-state index in [1.54, 1.807) is 25.6 Å². The van der Waals surface area contributed by atoms with Gasteiger partial charge in [-0.1, -0.05) is 24.3 Å². The lowest BCUT2D eigenvalue weighted by Gasteiger charge is -2.12. The molecule has 0 aliphatic heterocycles. The van der Waals surface area contributed by atoms with Crippen molar-refractivity contribution in [1.29, 1.82) is 0 Å². The van der Waals surface area contributed by atoms with Crippen molar-refractivity contribution in [3.8, 4) is 21.9 Å². The third-order valence-corrected chi connectivity index (χ3v) is 6.98. The normalized spacial score (nSPS) is 11.5. The molecule has 4 aromatic rings. The van der Waals surface area contributed by atoms with Gasteiger partial charge in [-0.2, -0.15) is 0 Å². The molecule has 0 saturated carbocycles. The van der Waals surface area contributed by atoms with E-state index in [1.165, 1.54) is 0 Å². The number of hydrogen-bond acceptors (Lipinski definition) is 8. The number of anilines is 1. The van der Waals surface area contributed by atoms with Crippen molar-refractivity contribution < 1.29 is 17.9 Å². The van der Waals surface area contributed by atoms with Gasteiger partial charge in [0, 0.05) is 27.8 Å². The minimum atomic E-state index is -3.21. The summed E-state index contributed by atoms with van der Waals surface area (Å²) in [4.78, 5) is 11.4. The largest absolute Gasteiger partial charge is 0.493 e. The molecule has 2 heterocycles. The number of fused-ring (bicyclic) bond motifs is 1. The second-order valence-corrected chi connectivity index (χ2v) is 10.8. The second-order valence-electron chi connectivity index (χ2n) is 7.75. The lowest BCUT2D eigenvalue weighted by molar-refractivity contribution is 0.356. The number of sulfonamides is 1. The van der Waals surface area contributed by atoms with Crippen LogP contribution in [-0.4, -0.2) is 38.9 Å². The number of aromatic nitrogens is 2. The van der Waals surface area contributed by atoms with Crippen LogP contribution in [0.3, 0.4) is 0 Å². The Labute approximate surface area is 203 Å². The van der Waals surface area contributed by atoms with Crippen molar-refractivity contribution in [2.45, 2.75) is 20.0 Å². The zero-order valence-corrected chi connectivity index (χ0v) is 21.0. The van der Waals surface area contributed by atoms with E-state index in [4.69, 9.17) is 9.47 Å². The van der Waals surface area contributed by atoms with Crippen LogP contribution in [-0.2, 0) is 23.1 Å². The summed E-state index contributed by atoms with van der Waals surface area (Å²) >= 11 is 1.69. The molecule has 0 unspecified atom stereocenters. The van der Waals surface area contributed by atoms with E-state index in [2.05, 4.69) is 32.1 Å². The van der Waals surface area contributed by atoms with Gasteiger partial charge in [-0.25, -0.2) is 23.1 Å². The fourth-order valence-corrected chi connectivity index (χ4v) is 4.89. The Balaban J connectivity index is 1.50. The van der Waals surface area contributed by atoms with Crippen molar-refractivity contribution in [2.24, 2.45) is 0 Å². The van der Waals surface area contributed by atoms with Gasteiger partial charge in [0.2, 0.25) is 10.0 Å². The zero-order valence-electron chi connectivity index (χ0n) is 19.4. The molecule has 10 heteroatoms. The number of methoxy groups -OCH3 is 2. The molecular formula is C24H26N4O4S2. The average molecular weight is 499 g/mol. The molecule has 178 valence electrons. The number of ether oxygens (including phenoxy) is 2. The van der Waals surface area contributed by atoms with Gasteiger partial charge in [0.05, 0.1) is 32.5 Å². The van der Waals surface area contributed by atoms with E-state index in [-0.39, 0.29) is 6.54 Å². The number of thiophene rings is 1. The first-order valence-electron chi connectivity index (χ1n) is 10.5. The van der Waals surface area contributed by atoms with Gasteiger partial charge in [0.1, 0.15) is 11.6 Å². The smallest absolute Gasteiger partial charge is 0.209 e. The summed E-state index contributed by atoms with van der Waals surface area (Å²) in [5, 5.41) is 4.30. The molecule has 0 fully saturated rings. The van der Waals surface area contributed by atoms with Gasteiger partial charge >= 0.3 is 0 Å². The zero-order chi connectivity index (χ0) is 24.3. The van der Waals surface area contributed by atoms with E-state index in [9.17, 15) is 8.42 Å². The summed E-state index contributed by atoms with van der Waals surface area (Å²) in [5.41, 5.74) is 2.77. The first-order valence-corrected chi connectivity index (χ1v) is 13.2. The summed E-state index contributed by atoms with van der Waals surface area (Å²) in [5.74, 6) is 2.65. The van der Waals surface area contributed by atoms with Crippen LogP contribution in [0.5, 0.6) is 11.5 Å². The first kappa shape index (κ1) is 23.9. The lowest BCUT2D eigenvalue weighted by Crippen LogP contribution is -2.21. The first-order chi connectivity index (χ1) is 16.3. The van der Waals surface area contributed by atoms with E-state index < -0.39 is 10.0 Å². The Morgan fingerprint density at radius 3 is 2.32 bits per heavy atom. The van der Waals surface area contributed by atoms with Crippen molar-refractivity contribution in [3.05, 3.63) is 64.8 Å². The predicted molar refractivity (Wildman–Crippen MR) is 136 cm³/mol. The molecule has 34 heavy (non-hydrogen) atoms. The van der Waals surface area contributed by atoms with Crippen LogP contribution in [0.1, 0.15) is 16.3 Å². The van der Waals surface area contributed by atoms with E-state index in [1.807, 2.05) is 43.3 Å². The van der Waals surface area contributed by atoms with Crippen molar-refractivity contribution in [2.75, 3.05) is 25.8 Å². The number of aryl methyl sites for hydroxylation is 1. The molecule has 4 rings (SSSR count). The molecule has 2 aromatic carbocycles. The molecular weight excluding hydrogens is 472 g/mol. The highest BCUT2D eigenvalue weighted by Gasteiger charge is 2.13.